The summed E-state index contributed by atoms with van der Waals surface area (Å²) in [6, 6.07) is 0. The van der Waals surface area contributed by atoms with Crippen molar-refractivity contribution in [1.29, 1.82) is 0 Å². The Morgan fingerprint density at radius 1 is 1.11 bits per heavy atom. The molecule has 1 unspecified atom stereocenters. The fraction of sp³-hybridized carbons (Fsp3) is 0.933. The molecule has 3 nitrogen and oxygen atoms in total. The van der Waals surface area contributed by atoms with Crippen molar-refractivity contribution in [2.24, 2.45) is 11.8 Å². The number of amides is 1. The summed E-state index contributed by atoms with van der Waals surface area (Å²) in [5, 5.41) is 0. The highest BCUT2D eigenvalue weighted by atomic mass is 16.5. The summed E-state index contributed by atoms with van der Waals surface area (Å²) in [7, 11) is 1.75. The maximum absolute atomic E-state index is 12.3. The zero-order valence-corrected chi connectivity index (χ0v) is 11.7. The number of carbonyl (C=O) groups excluding carboxylic acids is 1. The Bertz CT molecular complexity index is 259. The van der Waals surface area contributed by atoms with E-state index in [4.69, 9.17) is 4.74 Å². The second kappa shape index (κ2) is 7.13. The lowest BCUT2D eigenvalue weighted by atomic mass is 9.86. The standard InChI is InChI=1S/C15H27NO2/c1-18-12-14-8-5-9-16(11-14)15(17)10-13-6-3-2-4-7-13/h13-14H,2-12H2,1H3. The van der Waals surface area contributed by atoms with Crippen LogP contribution >= 0.6 is 0 Å². The van der Waals surface area contributed by atoms with Gasteiger partial charge >= 0.3 is 0 Å². The van der Waals surface area contributed by atoms with Crippen LogP contribution in [-0.4, -0.2) is 37.6 Å². The van der Waals surface area contributed by atoms with Gasteiger partial charge in [0.2, 0.25) is 5.91 Å². The molecule has 0 radical (unpaired) electrons. The number of likely N-dealkylation sites (tertiary alicyclic amines) is 1. The topological polar surface area (TPSA) is 29.5 Å². The summed E-state index contributed by atoms with van der Waals surface area (Å²) in [6.45, 7) is 2.68. The van der Waals surface area contributed by atoms with Crippen LogP contribution in [0.2, 0.25) is 0 Å². The number of rotatable bonds is 4. The van der Waals surface area contributed by atoms with Gasteiger partial charge in [0.15, 0.2) is 0 Å². The van der Waals surface area contributed by atoms with Crippen LogP contribution in [0.25, 0.3) is 0 Å². The van der Waals surface area contributed by atoms with Crippen molar-refractivity contribution in [3.05, 3.63) is 0 Å². The van der Waals surface area contributed by atoms with Crippen LogP contribution < -0.4 is 0 Å². The molecule has 1 atom stereocenters. The van der Waals surface area contributed by atoms with E-state index in [9.17, 15) is 4.79 Å². The first-order valence-electron chi connectivity index (χ1n) is 7.56. The lowest BCUT2D eigenvalue weighted by Gasteiger charge is -2.34. The van der Waals surface area contributed by atoms with E-state index in [1.807, 2.05) is 0 Å². The van der Waals surface area contributed by atoms with E-state index in [0.717, 1.165) is 32.5 Å². The second-order valence-electron chi connectivity index (χ2n) is 6.01. The number of methoxy groups -OCH3 is 1. The minimum absolute atomic E-state index is 0.391. The van der Waals surface area contributed by atoms with Crippen molar-refractivity contribution in [1.82, 2.24) is 4.90 Å². The van der Waals surface area contributed by atoms with Crippen molar-refractivity contribution in [2.75, 3.05) is 26.8 Å². The number of piperidine rings is 1. The molecule has 3 heteroatoms. The van der Waals surface area contributed by atoms with E-state index in [2.05, 4.69) is 4.90 Å². The fourth-order valence-electron chi connectivity index (χ4n) is 3.43. The van der Waals surface area contributed by atoms with Crippen LogP contribution in [0, 0.1) is 11.8 Å². The zero-order chi connectivity index (χ0) is 12.8. The van der Waals surface area contributed by atoms with Gasteiger partial charge in [-0.25, -0.2) is 0 Å². The lowest BCUT2D eigenvalue weighted by molar-refractivity contribution is -0.134. The number of carbonyl (C=O) groups is 1. The van der Waals surface area contributed by atoms with E-state index in [1.54, 1.807) is 7.11 Å². The number of ether oxygens (including phenoxy) is 1. The Morgan fingerprint density at radius 3 is 2.56 bits per heavy atom. The number of nitrogens with zero attached hydrogens (tertiary/aromatic N) is 1. The molecule has 1 heterocycles. The van der Waals surface area contributed by atoms with Gasteiger partial charge in [-0.3, -0.25) is 4.79 Å². The Labute approximate surface area is 111 Å². The van der Waals surface area contributed by atoms with Crippen molar-refractivity contribution in [3.8, 4) is 0 Å². The number of hydrogen-bond donors (Lipinski definition) is 0. The van der Waals surface area contributed by atoms with Crippen molar-refractivity contribution in [2.45, 2.75) is 51.4 Å². The molecule has 0 bridgehead atoms. The highest BCUT2D eigenvalue weighted by molar-refractivity contribution is 5.76. The zero-order valence-electron chi connectivity index (χ0n) is 11.7. The normalized spacial score (nSPS) is 26.3. The van der Waals surface area contributed by atoms with Gasteiger partial charge in [-0.2, -0.15) is 0 Å². The first-order chi connectivity index (χ1) is 8.79. The molecule has 0 aromatic heterocycles. The molecule has 0 aromatic rings. The first-order valence-corrected chi connectivity index (χ1v) is 7.56. The molecule has 1 aliphatic carbocycles. The largest absolute Gasteiger partial charge is 0.384 e. The van der Waals surface area contributed by atoms with Crippen molar-refractivity contribution in [3.63, 3.8) is 0 Å². The Morgan fingerprint density at radius 2 is 1.83 bits per heavy atom. The maximum atomic E-state index is 12.3. The van der Waals surface area contributed by atoms with E-state index in [0.29, 0.717) is 17.7 Å². The summed E-state index contributed by atoms with van der Waals surface area (Å²) in [4.78, 5) is 14.4. The monoisotopic (exact) mass is 253 g/mol. The average molecular weight is 253 g/mol. The van der Waals surface area contributed by atoms with Crippen LogP contribution in [0.4, 0.5) is 0 Å². The molecular weight excluding hydrogens is 226 g/mol. The fourth-order valence-corrected chi connectivity index (χ4v) is 3.43. The Kier molecular flexibility index (Phi) is 5.48. The molecule has 2 fully saturated rings. The summed E-state index contributed by atoms with van der Waals surface area (Å²) < 4.78 is 5.22. The molecule has 1 aliphatic heterocycles. The van der Waals surface area contributed by atoms with Gasteiger partial charge in [0.25, 0.3) is 0 Å². The summed E-state index contributed by atoms with van der Waals surface area (Å²) >= 11 is 0. The summed E-state index contributed by atoms with van der Waals surface area (Å²) in [6.07, 6.45) is 9.69. The van der Waals surface area contributed by atoms with Crippen molar-refractivity contribution < 1.29 is 9.53 Å². The van der Waals surface area contributed by atoms with Crippen LogP contribution in [0.15, 0.2) is 0 Å². The quantitative estimate of drug-likeness (QED) is 0.771. The highest BCUT2D eigenvalue weighted by Crippen LogP contribution is 2.27. The van der Waals surface area contributed by atoms with Gasteiger partial charge in [0.05, 0.1) is 6.61 Å². The van der Waals surface area contributed by atoms with Gasteiger partial charge in [-0.05, 0) is 37.5 Å². The van der Waals surface area contributed by atoms with Gasteiger partial charge < -0.3 is 9.64 Å². The third-order valence-electron chi connectivity index (χ3n) is 4.46. The van der Waals surface area contributed by atoms with Gasteiger partial charge in [0.1, 0.15) is 0 Å². The predicted octanol–water partition coefficient (Wildman–Crippen LogP) is 2.84. The second-order valence-corrected chi connectivity index (χ2v) is 6.01. The van der Waals surface area contributed by atoms with Crippen LogP contribution in [0.3, 0.4) is 0 Å². The van der Waals surface area contributed by atoms with Gasteiger partial charge in [-0.1, -0.05) is 19.3 Å². The molecule has 104 valence electrons. The highest BCUT2D eigenvalue weighted by Gasteiger charge is 2.25. The minimum Gasteiger partial charge on any atom is -0.384 e. The Hall–Kier alpha value is -0.570. The Balaban J connectivity index is 1.76. The molecule has 1 amide bonds. The molecule has 2 aliphatic rings. The van der Waals surface area contributed by atoms with Gasteiger partial charge in [-0.15, -0.1) is 0 Å². The maximum Gasteiger partial charge on any atom is 0.222 e. The third kappa shape index (κ3) is 3.98. The van der Waals surface area contributed by atoms with Gasteiger partial charge in [0, 0.05) is 26.6 Å². The van der Waals surface area contributed by atoms with E-state index in [-0.39, 0.29) is 0 Å². The third-order valence-corrected chi connectivity index (χ3v) is 4.46. The first kappa shape index (κ1) is 13.9. The number of hydrogen-bond acceptors (Lipinski definition) is 2. The summed E-state index contributed by atoms with van der Waals surface area (Å²) in [5.41, 5.74) is 0. The van der Waals surface area contributed by atoms with Crippen molar-refractivity contribution >= 4 is 5.91 Å². The molecule has 2 rings (SSSR count). The average Bonchev–Trinajstić information content (AvgIpc) is 2.40. The smallest absolute Gasteiger partial charge is 0.222 e. The SMILES string of the molecule is COCC1CCCN(C(=O)CC2CCCCC2)C1. The molecule has 18 heavy (non-hydrogen) atoms. The molecule has 0 aromatic carbocycles. The molecule has 0 spiro atoms. The minimum atomic E-state index is 0.391. The van der Waals surface area contributed by atoms with Crippen LogP contribution in [-0.2, 0) is 9.53 Å². The van der Waals surface area contributed by atoms with Crippen LogP contribution in [0.1, 0.15) is 51.4 Å². The molecule has 1 saturated carbocycles. The summed E-state index contributed by atoms with van der Waals surface area (Å²) in [5.74, 6) is 1.61. The molecule has 0 N–H and O–H groups in total. The van der Waals surface area contributed by atoms with E-state index < -0.39 is 0 Å². The molecule has 1 saturated heterocycles. The lowest BCUT2D eigenvalue weighted by Crippen LogP contribution is -2.41. The van der Waals surface area contributed by atoms with E-state index >= 15 is 0 Å². The van der Waals surface area contributed by atoms with E-state index in [1.165, 1.54) is 38.5 Å². The predicted molar refractivity (Wildman–Crippen MR) is 72.4 cm³/mol. The van der Waals surface area contributed by atoms with Crippen LogP contribution in [0.5, 0.6) is 0 Å². The molecular formula is C15H27NO2.